The van der Waals surface area contributed by atoms with Crippen LogP contribution in [-0.2, 0) is 5.75 Å². The molecule has 0 fully saturated rings. The van der Waals surface area contributed by atoms with Gasteiger partial charge in [-0.05, 0) is 47.2 Å². The molecule has 2 aromatic heterocycles. The number of aryl methyl sites for hydroxylation is 1. The molecule has 0 unspecified atom stereocenters. The number of tetrazole rings is 1. The maximum absolute atomic E-state index is 12.0. The lowest BCUT2D eigenvalue weighted by atomic mass is 10.1. The summed E-state index contributed by atoms with van der Waals surface area (Å²) in [5.74, 6) is 1.18. The number of para-hydroxylation sites is 2. The quantitative estimate of drug-likeness (QED) is 0.405. The summed E-state index contributed by atoms with van der Waals surface area (Å²) in [5.41, 5.74) is 1.93. The molecule has 9 heteroatoms. The van der Waals surface area contributed by atoms with Crippen LogP contribution in [0, 0.1) is 6.92 Å². The van der Waals surface area contributed by atoms with E-state index in [4.69, 9.17) is 9.15 Å². The Kier molecular flexibility index (Phi) is 4.74. The topological polar surface area (TPSA) is 103 Å². The van der Waals surface area contributed by atoms with Gasteiger partial charge in [-0.2, -0.15) is 4.68 Å². The number of methoxy groups -OCH3 is 1. The number of hydrogen-bond acceptors (Lipinski definition) is 8. The molecule has 4 rings (SSSR count). The Labute approximate surface area is 163 Å². The molecular weight excluding hydrogens is 380 g/mol. The van der Waals surface area contributed by atoms with Crippen LogP contribution in [0.15, 0.2) is 56.8 Å². The van der Waals surface area contributed by atoms with Crippen molar-refractivity contribution in [2.24, 2.45) is 0 Å². The molecule has 4 aromatic rings. The zero-order valence-corrected chi connectivity index (χ0v) is 15.9. The van der Waals surface area contributed by atoms with E-state index in [1.54, 1.807) is 30.8 Å². The van der Waals surface area contributed by atoms with Gasteiger partial charge >= 0.3 is 5.63 Å². The lowest BCUT2D eigenvalue weighted by Crippen LogP contribution is -2.03. The van der Waals surface area contributed by atoms with E-state index < -0.39 is 5.63 Å². The van der Waals surface area contributed by atoms with Crippen molar-refractivity contribution in [2.75, 3.05) is 7.11 Å². The van der Waals surface area contributed by atoms with Gasteiger partial charge in [-0.15, -0.1) is 5.10 Å². The lowest BCUT2D eigenvalue weighted by Gasteiger charge is -2.10. The lowest BCUT2D eigenvalue weighted by molar-refractivity contribution is 0.410. The molecule has 2 aromatic carbocycles. The van der Waals surface area contributed by atoms with Gasteiger partial charge in [-0.1, -0.05) is 23.9 Å². The molecule has 0 radical (unpaired) electrons. The Bertz CT molecular complexity index is 1220. The molecule has 0 aliphatic carbocycles. The molecule has 142 valence electrons. The molecule has 0 saturated heterocycles. The third-order valence-electron chi connectivity index (χ3n) is 4.33. The molecule has 1 N–H and O–H groups in total. The average molecular weight is 396 g/mol. The molecule has 0 saturated carbocycles. The van der Waals surface area contributed by atoms with Crippen molar-refractivity contribution in [2.45, 2.75) is 17.8 Å². The van der Waals surface area contributed by atoms with Crippen LogP contribution in [0.2, 0.25) is 0 Å². The van der Waals surface area contributed by atoms with E-state index in [-0.39, 0.29) is 5.75 Å². The summed E-state index contributed by atoms with van der Waals surface area (Å²) in [6, 6.07) is 12.2. The first kappa shape index (κ1) is 18.1. The van der Waals surface area contributed by atoms with E-state index in [1.165, 1.54) is 17.8 Å². The predicted molar refractivity (Wildman–Crippen MR) is 104 cm³/mol. The first-order valence-corrected chi connectivity index (χ1v) is 9.37. The first-order chi connectivity index (χ1) is 13.6. The molecule has 0 aliphatic heterocycles. The second-order valence-corrected chi connectivity index (χ2v) is 6.95. The minimum Gasteiger partial charge on any atom is -0.508 e. The first-order valence-electron chi connectivity index (χ1n) is 8.38. The maximum Gasteiger partial charge on any atom is 0.336 e. The van der Waals surface area contributed by atoms with Gasteiger partial charge in [0.15, 0.2) is 0 Å². The average Bonchev–Trinajstić information content (AvgIpc) is 3.17. The summed E-state index contributed by atoms with van der Waals surface area (Å²) in [5, 5.41) is 23.1. The van der Waals surface area contributed by atoms with Gasteiger partial charge in [-0.3, -0.25) is 0 Å². The van der Waals surface area contributed by atoms with E-state index in [1.807, 2.05) is 24.3 Å². The van der Waals surface area contributed by atoms with Crippen molar-refractivity contribution in [3.05, 3.63) is 64.0 Å². The van der Waals surface area contributed by atoms with Gasteiger partial charge in [0.1, 0.15) is 22.8 Å². The number of benzene rings is 2. The highest BCUT2D eigenvalue weighted by Crippen LogP contribution is 2.31. The number of aromatic nitrogens is 4. The van der Waals surface area contributed by atoms with Crippen molar-refractivity contribution in [3.8, 4) is 17.2 Å². The van der Waals surface area contributed by atoms with Crippen LogP contribution >= 0.6 is 11.8 Å². The molecule has 0 atom stereocenters. The normalized spacial score (nSPS) is 11.1. The maximum atomic E-state index is 12.0. The number of rotatable bonds is 5. The van der Waals surface area contributed by atoms with Gasteiger partial charge in [0, 0.05) is 22.8 Å². The van der Waals surface area contributed by atoms with E-state index in [0.29, 0.717) is 27.8 Å². The van der Waals surface area contributed by atoms with Crippen molar-refractivity contribution in [3.63, 3.8) is 0 Å². The Morgan fingerprint density at radius 3 is 2.89 bits per heavy atom. The van der Waals surface area contributed by atoms with Crippen molar-refractivity contribution >= 4 is 22.7 Å². The standard InChI is InChI=1S/C19H16N4O4S/c1-11-15(24)8-7-13-12(9-17(25)27-18(11)13)10-28-19-20-21-22-23(19)14-5-3-4-6-16(14)26-2/h3-9,24H,10H2,1-2H3. The minimum atomic E-state index is -0.471. The predicted octanol–water partition coefficient (Wildman–Crippen LogP) is 3.08. The molecule has 0 bridgehead atoms. The summed E-state index contributed by atoms with van der Waals surface area (Å²) in [7, 11) is 1.59. The second-order valence-electron chi connectivity index (χ2n) is 6.01. The molecule has 0 spiro atoms. The fraction of sp³-hybridized carbons (Fsp3) is 0.158. The minimum absolute atomic E-state index is 0.0839. The molecule has 0 amide bonds. The number of nitrogens with zero attached hydrogens (tertiary/aromatic N) is 4. The number of phenols is 1. The van der Waals surface area contributed by atoms with E-state index in [0.717, 1.165) is 16.6 Å². The number of ether oxygens (including phenoxy) is 1. The summed E-state index contributed by atoms with van der Waals surface area (Å²) >= 11 is 1.38. The Morgan fingerprint density at radius 2 is 2.07 bits per heavy atom. The molecule has 28 heavy (non-hydrogen) atoms. The summed E-state index contributed by atoms with van der Waals surface area (Å²) in [6.07, 6.45) is 0. The van der Waals surface area contributed by atoms with Crippen LogP contribution in [0.1, 0.15) is 11.1 Å². The SMILES string of the molecule is COc1ccccc1-n1nnnc1SCc1cc(=O)oc2c(C)c(O)ccc12. The molecule has 2 heterocycles. The van der Waals surface area contributed by atoms with Crippen LogP contribution in [0.3, 0.4) is 0 Å². The Morgan fingerprint density at radius 1 is 1.25 bits per heavy atom. The van der Waals surface area contributed by atoms with E-state index in [9.17, 15) is 9.90 Å². The van der Waals surface area contributed by atoms with Gasteiger partial charge in [0.05, 0.1) is 7.11 Å². The number of aromatic hydroxyl groups is 1. The van der Waals surface area contributed by atoms with Crippen LogP contribution < -0.4 is 10.4 Å². The summed E-state index contributed by atoms with van der Waals surface area (Å²) < 4.78 is 12.3. The van der Waals surface area contributed by atoms with Crippen molar-refractivity contribution in [1.82, 2.24) is 20.2 Å². The van der Waals surface area contributed by atoms with Crippen LogP contribution in [-0.4, -0.2) is 32.4 Å². The van der Waals surface area contributed by atoms with Gasteiger partial charge < -0.3 is 14.3 Å². The van der Waals surface area contributed by atoms with Crippen LogP contribution in [0.4, 0.5) is 0 Å². The number of thioether (sulfide) groups is 1. The second kappa shape index (κ2) is 7.35. The number of hydrogen-bond donors (Lipinski definition) is 1. The van der Waals surface area contributed by atoms with E-state index >= 15 is 0 Å². The van der Waals surface area contributed by atoms with Crippen LogP contribution in [0.25, 0.3) is 16.7 Å². The highest BCUT2D eigenvalue weighted by Gasteiger charge is 2.15. The number of phenolic OH excluding ortho intramolecular Hbond substituents is 1. The molecule has 8 nitrogen and oxygen atoms in total. The third kappa shape index (κ3) is 3.20. The van der Waals surface area contributed by atoms with Crippen molar-refractivity contribution < 1.29 is 14.3 Å². The Balaban J connectivity index is 1.70. The largest absolute Gasteiger partial charge is 0.508 e. The Hall–Kier alpha value is -3.33. The van der Waals surface area contributed by atoms with Gasteiger partial charge in [-0.25, -0.2) is 4.79 Å². The summed E-state index contributed by atoms with van der Waals surface area (Å²) in [6.45, 7) is 1.71. The zero-order chi connectivity index (χ0) is 19.7. The third-order valence-corrected chi connectivity index (χ3v) is 5.30. The fourth-order valence-electron chi connectivity index (χ4n) is 2.90. The van der Waals surface area contributed by atoms with Crippen LogP contribution in [0.5, 0.6) is 11.5 Å². The number of fused-ring (bicyclic) bond motifs is 1. The fourth-order valence-corrected chi connectivity index (χ4v) is 3.78. The van der Waals surface area contributed by atoms with E-state index in [2.05, 4.69) is 15.5 Å². The summed E-state index contributed by atoms with van der Waals surface area (Å²) in [4.78, 5) is 12.0. The highest BCUT2D eigenvalue weighted by atomic mass is 32.2. The highest BCUT2D eigenvalue weighted by molar-refractivity contribution is 7.98. The monoisotopic (exact) mass is 396 g/mol. The van der Waals surface area contributed by atoms with Crippen molar-refractivity contribution in [1.29, 1.82) is 0 Å². The molecular formula is C19H16N4O4S. The van der Waals surface area contributed by atoms with Gasteiger partial charge in [0.2, 0.25) is 5.16 Å². The molecule has 0 aliphatic rings. The zero-order valence-electron chi connectivity index (χ0n) is 15.1. The van der Waals surface area contributed by atoms with Gasteiger partial charge in [0.25, 0.3) is 0 Å². The smallest absolute Gasteiger partial charge is 0.336 e.